The monoisotopic (exact) mass is 272 g/mol. The molecule has 0 saturated carbocycles. The number of nitrogens with zero attached hydrogens (tertiary/aromatic N) is 1. The van der Waals surface area contributed by atoms with E-state index in [1.807, 2.05) is 31.2 Å². The number of fused-ring (bicyclic) bond motifs is 1. The lowest BCUT2D eigenvalue weighted by atomic mass is 9.87. The number of aryl methyl sites for hydroxylation is 1. The van der Waals surface area contributed by atoms with E-state index in [4.69, 9.17) is 5.73 Å². The van der Waals surface area contributed by atoms with E-state index in [0.29, 0.717) is 0 Å². The van der Waals surface area contributed by atoms with Crippen LogP contribution < -0.4 is 11.1 Å². The molecule has 104 valence electrons. The number of hydrogen-bond acceptors (Lipinski definition) is 3. The summed E-state index contributed by atoms with van der Waals surface area (Å²) >= 11 is 0. The van der Waals surface area contributed by atoms with Gasteiger partial charge in [0.25, 0.3) is 5.91 Å². The molecule has 3 rings (SSSR count). The minimum atomic E-state index is -1.18. The van der Waals surface area contributed by atoms with Crippen LogP contribution in [-0.4, -0.2) is 35.4 Å². The second-order valence-corrected chi connectivity index (χ2v) is 5.07. The number of H-pyrrole nitrogens is 1. The lowest BCUT2D eigenvalue weighted by Crippen LogP contribution is -2.50. The topological polar surface area (TPSA) is 91.2 Å². The zero-order valence-electron chi connectivity index (χ0n) is 11.4. The first kappa shape index (κ1) is 12.7. The number of imide groups is 1. The summed E-state index contributed by atoms with van der Waals surface area (Å²) in [6.45, 7) is 1.90. The highest BCUT2D eigenvalue weighted by Crippen LogP contribution is 2.35. The highest BCUT2D eigenvalue weighted by molar-refractivity contribution is 6.09. The fourth-order valence-electron chi connectivity index (χ4n) is 2.93. The van der Waals surface area contributed by atoms with Crippen LogP contribution >= 0.6 is 0 Å². The molecule has 6 heteroatoms. The number of para-hydroxylation sites is 1. The van der Waals surface area contributed by atoms with E-state index in [1.54, 1.807) is 0 Å². The lowest BCUT2D eigenvalue weighted by Gasteiger charge is -2.25. The van der Waals surface area contributed by atoms with Crippen molar-refractivity contribution in [1.82, 2.24) is 15.2 Å². The normalized spacial score (nSPS) is 22.6. The third kappa shape index (κ3) is 1.42. The summed E-state index contributed by atoms with van der Waals surface area (Å²) in [5, 5.41) is 3.65. The van der Waals surface area contributed by atoms with Crippen molar-refractivity contribution in [2.45, 2.75) is 12.5 Å². The van der Waals surface area contributed by atoms with Gasteiger partial charge in [0.15, 0.2) is 5.54 Å². The molecule has 2 aromatic rings. The van der Waals surface area contributed by atoms with Gasteiger partial charge in [-0.15, -0.1) is 0 Å². The minimum Gasteiger partial charge on any atom is -0.358 e. The van der Waals surface area contributed by atoms with Crippen molar-refractivity contribution in [3.63, 3.8) is 0 Å². The number of amides is 3. The molecule has 2 heterocycles. The van der Waals surface area contributed by atoms with Gasteiger partial charge in [0.2, 0.25) is 0 Å². The number of rotatable bonds is 2. The zero-order valence-corrected chi connectivity index (χ0v) is 11.4. The van der Waals surface area contributed by atoms with Crippen LogP contribution in [0.1, 0.15) is 11.3 Å². The van der Waals surface area contributed by atoms with Crippen LogP contribution in [0.3, 0.4) is 0 Å². The molecule has 0 radical (unpaired) electrons. The largest absolute Gasteiger partial charge is 0.358 e. The molecule has 1 aliphatic rings. The van der Waals surface area contributed by atoms with Crippen LogP contribution in [0, 0.1) is 6.92 Å². The number of aromatic amines is 1. The van der Waals surface area contributed by atoms with Gasteiger partial charge in [-0.3, -0.25) is 9.69 Å². The van der Waals surface area contributed by atoms with E-state index >= 15 is 0 Å². The molecule has 20 heavy (non-hydrogen) atoms. The third-order valence-corrected chi connectivity index (χ3v) is 3.92. The van der Waals surface area contributed by atoms with Gasteiger partial charge in [-0.1, -0.05) is 18.2 Å². The second kappa shape index (κ2) is 4.08. The number of carbonyl (C=O) groups excluding carboxylic acids is 2. The molecular formula is C14H16N4O2. The first-order chi connectivity index (χ1) is 9.51. The summed E-state index contributed by atoms with van der Waals surface area (Å²) in [4.78, 5) is 28.7. The van der Waals surface area contributed by atoms with Gasteiger partial charge in [-0.2, -0.15) is 0 Å². The van der Waals surface area contributed by atoms with Crippen molar-refractivity contribution in [2.24, 2.45) is 5.73 Å². The molecule has 1 aromatic carbocycles. The van der Waals surface area contributed by atoms with Crippen LogP contribution in [0.2, 0.25) is 0 Å². The Labute approximate surface area is 115 Å². The zero-order chi connectivity index (χ0) is 14.5. The Kier molecular flexibility index (Phi) is 2.58. The minimum absolute atomic E-state index is 0.0185. The summed E-state index contributed by atoms with van der Waals surface area (Å²) in [5.41, 5.74) is 7.18. The molecule has 3 amide bonds. The smallest absolute Gasteiger partial charge is 0.325 e. The van der Waals surface area contributed by atoms with Crippen LogP contribution in [-0.2, 0) is 10.3 Å². The molecule has 1 aliphatic heterocycles. The van der Waals surface area contributed by atoms with E-state index in [-0.39, 0.29) is 12.5 Å². The number of nitrogens with two attached hydrogens (primary N) is 1. The number of nitrogens with one attached hydrogen (secondary N) is 2. The van der Waals surface area contributed by atoms with Crippen LogP contribution in [0.25, 0.3) is 10.9 Å². The number of likely N-dealkylation sites (N-methyl/N-ethyl adjacent to an activating group) is 1. The SMILES string of the molecule is Cc1[nH]c2ccccc2c1C1(CN)NC(=O)N(C)C1=O. The van der Waals surface area contributed by atoms with Crippen molar-refractivity contribution in [3.8, 4) is 0 Å². The van der Waals surface area contributed by atoms with E-state index in [1.165, 1.54) is 7.05 Å². The molecular weight excluding hydrogens is 256 g/mol. The van der Waals surface area contributed by atoms with Gasteiger partial charge in [0, 0.05) is 35.8 Å². The predicted molar refractivity (Wildman–Crippen MR) is 75.1 cm³/mol. The molecule has 0 aliphatic carbocycles. The number of hydrogen-bond donors (Lipinski definition) is 3. The first-order valence-corrected chi connectivity index (χ1v) is 6.39. The van der Waals surface area contributed by atoms with E-state index in [0.717, 1.165) is 27.1 Å². The summed E-state index contributed by atoms with van der Waals surface area (Å²) in [7, 11) is 1.46. The maximum absolute atomic E-state index is 12.5. The Bertz CT molecular complexity index is 721. The molecule has 0 spiro atoms. The molecule has 1 unspecified atom stereocenters. The summed E-state index contributed by atoms with van der Waals surface area (Å²) in [6.07, 6.45) is 0. The molecule has 6 nitrogen and oxygen atoms in total. The van der Waals surface area contributed by atoms with Gasteiger partial charge >= 0.3 is 6.03 Å². The fourth-order valence-corrected chi connectivity index (χ4v) is 2.93. The van der Waals surface area contributed by atoms with Crippen LogP contribution in [0.4, 0.5) is 4.79 Å². The summed E-state index contributed by atoms with van der Waals surface area (Å²) in [6, 6.07) is 7.24. The van der Waals surface area contributed by atoms with Crippen molar-refractivity contribution in [3.05, 3.63) is 35.5 Å². The Hall–Kier alpha value is -2.34. The van der Waals surface area contributed by atoms with Gasteiger partial charge in [0.1, 0.15) is 0 Å². The standard InChI is InChI=1S/C14H16N4O2/c1-8-11(9-5-3-4-6-10(9)16-8)14(7-15)12(19)18(2)13(20)17-14/h3-6,16H,7,15H2,1-2H3,(H,17,20). The quantitative estimate of drug-likeness (QED) is 0.706. The average molecular weight is 272 g/mol. The summed E-state index contributed by atoms with van der Waals surface area (Å²) in [5.74, 6) is -0.321. The van der Waals surface area contributed by atoms with Gasteiger partial charge < -0.3 is 16.0 Å². The Morgan fingerprint density at radius 2 is 2.00 bits per heavy atom. The fraction of sp³-hybridized carbons (Fsp3) is 0.286. The number of benzene rings is 1. The maximum Gasteiger partial charge on any atom is 0.325 e. The van der Waals surface area contributed by atoms with Crippen molar-refractivity contribution in [2.75, 3.05) is 13.6 Å². The summed E-state index contributed by atoms with van der Waals surface area (Å²) < 4.78 is 0. The van der Waals surface area contributed by atoms with Gasteiger partial charge in [0.05, 0.1) is 0 Å². The Morgan fingerprint density at radius 1 is 1.30 bits per heavy atom. The van der Waals surface area contributed by atoms with Gasteiger partial charge in [-0.25, -0.2) is 4.79 Å². The molecule has 1 atom stereocenters. The molecule has 1 saturated heterocycles. The number of urea groups is 1. The predicted octanol–water partition coefficient (Wildman–Crippen LogP) is 0.812. The number of aromatic nitrogens is 1. The first-order valence-electron chi connectivity index (χ1n) is 6.39. The van der Waals surface area contributed by atoms with Crippen molar-refractivity contribution >= 4 is 22.8 Å². The Balaban J connectivity index is 2.30. The molecule has 1 aromatic heterocycles. The maximum atomic E-state index is 12.5. The highest BCUT2D eigenvalue weighted by atomic mass is 16.2. The van der Waals surface area contributed by atoms with E-state index < -0.39 is 11.6 Å². The molecule has 0 bridgehead atoms. The number of carbonyl (C=O) groups is 2. The highest BCUT2D eigenvalue weighted by Gasteiger charge is 2.52. The van der Waals surface area contributed by atoms with Crippen molar-refractivity contribution < 1.29 is 9.59 Å². The average Bonchev–Trinajstić information content (AvgIpc) is 2.89. The van der Waals surface area contributed by atoms with Crippen LogP contribution in [0.5, 0.6) is 0 Å². The van der Waals surface area contributed by atoms with Crippen molar-refractivity contribution in [1.29, 1.82) is 0 Å². The van der Waals surface area contributed by atoms with Gasteiger partial charge in [-0.05, 0) is 13.0 Å². The Morgan fingerprint density at radius 3 is 2.60 bits per heavy atom. The molecule has 4 N–H and O–H groups in total. The molecule has 1 fully saturated rings. The van der Waals surface area contributed by atoms with E-state index in [9.17, 15) is 9.59 Å². The van der Waals surface area contributed by atoms with Crippen LogP contribution in [0.15, 0.2) is 24.3 Å². The van der Waals surface area contributed by atoms with E-state index in [2.05, 4.69) is 10.3 Å². The third-order valence-electron chi connectivity index (χ3n) is 3.92. The lowest BCUT2D eigenvalue weighted by molar-refractivity contribution is -0.130. The second-order valence-electron chi connectivity index (χ2n) is 5.07.